The highest BCUT2D eigenvalue weighted by Gasteiger charge is 2.33. The number of morpholine rings is 1. The lowest BCUT2D eigenvalue weighted by Gasteiger charge is -2.27. The van der Waals surface area contributed by atoms with Gasteiger partial charge in [0.1, 0.15) is 23.2 Å². The van der Waals surface area contributed by atoms with Crippen LogP contribution < -0.4 is 15.1 Å². The van der Waals surface area contributed by atoms with Crippen LogP contribution in [-0.4, -0.2) is 68.5 Å². The fraction of sp³-hybridized carbons (Fsp3) is 0.583. The molecule has 1 aliphatic heterocycles. The summed E-state index contributed by atoms with van der Waals surface area (Å²) in [5, 5.41) is 25.3. The van der Waals surface area contributed by atoms with Crippen LogP contribution in [0.25, 0.3) is 11.3 Å². The predicted molar refractivity (Wildman–Crippen MR) is 127 cm³/mol. The van der Waals surface area contributed by atoms with Gasteiger partial charge in [-0.05, 0) is 50.4 Å². The number of nitrogens with two attached hydrogens (primary N) is 1. The Morgan fingerprint density at radius 2 is 1.94 bits per heavy atom. The van der Waals surface area contributed by atoms with Crippen LogP contribution >= 0.6 is 0 Å². The molecule has 0 unspecified atom stereocenters. The minimum atomic E-state index is -1.21. The maximum Gasteiger partial charge on any atom is 0.363 e. The zero-order valence-electron chi connectivity index (χ0n) is 20.3. The van der Waals surface area contributed by atoms with Crippen molar-refractivity contribution in [2.75, 3.05) is 37.8 Å². The van der Waals surface area contributed by atoms with E-state index >= 15 is 0 Å². The molecule has 0 spiro atoms. The number of aliphatic hydroxyl groups is 2. The van der Waals surface area contributed by atoms with Gasteiger partial charge in [0.25, 0.3) is 5.91 Å². The number of hydrogen-bond donors (Lipinski definition) is 3. The van der Waals surface area contributed by atoms with E-state index in [-0.39, 0.29) is 18.2 Å². The molecular weight excluding hydrogens is 450 g/mol. The minimum absolute atomic E-state index is 0.182. The second-order valence-electron chi connectivity index (χ2n) is 10.1. The van der Waals surface area contributed by atoms with Gasteiger partial charge in [0, 0.05) is 25.8 Å². The van der Waals surface area contributed by atoms with Crippen molar-refractivity contribution < 1.29 is 24.3 Å². The van der Waals surface area contributed by atoms with Crippen LogP contribution in [0.5, 0.6) is 0 Å². The number of ether oxygens (including phenoxy) is 1. The van der Waals surface area contributed by atoms with Crippen LogP contribution in [-0.2, 0) is 10.3 Å². The summed E-state index contributed by atoms with van der Waals surface area (Å²) >= 11 is 0. The topological polar surface area (TPSA) is 136 Å². The monoisotopic (exact) mass is 484 g/mol. The first-order valence-electron chi connectivity index (χ1n) is 12.3. The molecule has 188 valence electrons. The number of carbonyl (C=O) groups is 1. The summed E-state index contributed by atoms with van der Waals surface area (Å²) in [6.45, 7) is 6.33. The summed E-state index contributed by atoms with van der Waals surface area (Å²) in [4.78, 5) is 19.3. The molecule has 35 heavy (non-hydrogen) atoms. The van der Waals surface area contributed by atoms with E-state index in [9.17, 15) is 15.0 Å². The zero-order valence-corrected chi connectivity index (χ0v) is 20.3. The maximum absolute atomic E-state index is 12.4. The van der Waals surface area contributed by atoms with Crippen molar-refractivity contribution in [3.63, 3.8) is 0 Å². The average Bonchev–Trinajstić information content (AvgIpc) is 3.46. The van der Waals surface area contributed by atoms with E-state index in [1.807, 2.05) is 23.1 Å². The fourth-order valence-corrected chi connectivity index (χ4v) is 5.10. The van der Waals surface area contributed by atoms with Crippen molar-refractivity contribution in [1.82, 2.24) is 19.4 Å². The lowest BCUT2D eigenvalue weighted by molar-refractivity contribution is -0.600. The average molecular weight is 485 g/mol. The van der Waals surface area contributed by atoms with Crippen LogP contribution in [0.3, 0.4) is 0 Å². The van der Waals surface area contributed by atoms with Gasteiger partial charge in [-0.2, -0.15) is 9.78 Å². The number of primary amides is 1. The second-order valence-corrected chi connectivity index (χ2v) is 10.1. The minimum Gasteiger partial charge on any atom is -0.396 e. The number of nitrogens with zero attached hydrogens (tertiary/aromatic N) is 6. The van der Waals surface area contributed by atoms with Crippen LogP contribution in [0.2, 0.25) is 0 Å². The van der Waals surface area contributed by atoms with Crippen LogP contribution in [0.15, 0.2) is 24.7 Å². The van der Waals surface area contributed by atoms with Crippen LogP contribution in [0, 0.1) is 5.92 Å². The molecule has 3 aromatic rings. The standard InChI is InChI=1S/C24H33N7O4/c1-24(2,34)21-19(14-29(27-21)17-5-3-16(15-32)4-6-17)31-13-18(22(25)33)23-26-20(7-8-30(23)31)28-9-11-35-12-10-28/h7-8,13-14,16-17,32,34H,3-6,9-12,15H2,1-2H3,(H-,25,33)/p+1. The summed E-state index contributed by atoms with van der Waals surface area (Å²) in [5.74, 6) is 0.517. The number of aromatic nitrogens is 5. The molecule has 1 saturated carbocycles. The van der Waals surface area contributed by atoms with Crippen molar-refractivity contribution in [3.05, 3.63) is 35.9 Å². The number of hydrogen-bond acceptors (Lipinski definition) is 7. The largest absolute Gasteiger partial charge is 0.396 e. The molecule has 4 N–H and O–H groups in total. The van der Waals surface area contributed by atoms with Gasteiger partial charge in [0.05, 0.1) is 31.6 Å². The molecule has 2 fully saturated rings. The van der Waals surface area contributed by atoms with E-state index < -0.39 is 11.5 Å². The molecule has 1 aliphatic carbocycles. The molecule has 0 radical (unpaired) electrons. The Hall–Kier alpha value is -3.02. The summed E-state index contributed by atoms with van der Waals surface area (Å²) in [6.07, 6.45) is 9.14. The summed E-state index contributed by atoms with van der Waals surface area (Å²) in [5.41, 5.74) is 6.42. The molecule has 4 heterocycles. The Morgan fingerprint density at radius 1 is 1.23 bits per heavy atom. The van der Waals surface area contributed by atoms with Crippen molar-refractivity contribution in [2.45, 2.75) is 51.2 Å². The molecule has 1 saturated heterocycles. The van der Waals surface area contributed by atoms with Gasteiger partial charge >= 0.3 is 5.65 Å². The first kappa shape index (κ1) is 23.7. The highest BCUT2D eigenvalue weighted by molar-refractivity contribution is 5.97. The third-order valence-electron chi connectivity index (χ3n) is 7.11. The van der Waals surface area contributed by atoms with Crippen molar-refractivity contribution >= 4 is 17.4 Å². The number of rotatable bonds is 6. The van der Waals surface area contributed by atoms with E-state index in [0.717, 1.165) is 44.6 Å². The Morgan fingerprint density at radius 3 is 2.57 bits per heavy atom. The fourth-order valence-electron chi connectivity index (χ4n) is 5.10. The van der Waals surface area contributed by atoms with Gasteiger partial charge in [0.2, 0.25) is 5.82 Å². The van der Waals surface area contributed by atoms with Crippen LogP contribution in [0.1, 0.15) is 61.6 Å². The molecule has 0 bridgehead atoms. The smallest absolute Gasteiger partial charge is 0.363 e. The van der Waals surface area contributed by atoms with Gasteiger partial charge in [-0.1, -0.05) is 0 Å². The molecule has 3 aromatic heterocycles. The Bertz CT molecular complexity index is 1210. The molecule has 11 nitrogen and oxygen atoms in total. The van der Waals surface area contributed by atoms with E-state index in [4.69, 9.17) is 20.6 Å². The first-order valence-corrected chi connectivity index (χ1v) is 12.3. The van der Waals surface area contributed by atoms with Crippen molar-refractivity contribution in [3.8, 4) is 5.69 Å². The lowest BCUT2D eigenvalue weighted by Crippen LogP contribution is -2.38. The Balaban J connectivity index is 1.59. The van der Waals surface area contributed by atoms with E-state index in [1.54, 1.807) is 29.2 Å². The molecule has 1 amide bonds. The van der Waals surface area contributed by atoms with Gasteiger partial charge < -0.3 is 25.6 Å². The number of anilines is 1. The van der Waals surface area contributed by atoms with Crippen molar-refractivity contribution in [1.29, 1.82) is 0 Å². The van der Waals surface area contributed by atoms with Crippen molar-refractivity contribution in [2.24, 2.45) is 11.7 Å². The molecule has 0 atom stereocenters. The summed E-state index contributed by atoms with van der Waals surface area (Å²) < 4.78 is 10.9. The van der Waals surface area contributed by atoms with E-state index in [0.29, 0.717) is 36.2 Å². The van der Waals surface area contributed by atoms with Crippen LogP contribution in [0.4, 0.5) is 5.82 Å². The van der Waals surface area contributed by atoms with E-state index in [1.165, 1.54) is 0 Å². The zero-order chi connectivity index (χ0) is 24.7. The number of fused-ring (bicyclic) bond motifs is 1. The third-order valence-corrected chi connectivity index (χ3v) is 7.11. The van der Waals surface area contributed by atoms with Gasteiger partial charge in [0.15, 0.2) is 5.56 Å². The Labute approximate surface area is 203 Å². The number of amides is 1. The SMILES string of the molecule is CC(C)(O)c1nn(C2CCC(CO)CC2)cc1-n1cc(C(N)=O)c2nc(N3CCOCC3)cc[n+]21. The highest BCUT2D eigenvalue weighted by atomic mass is 16.5. The van der Waals surface area contributed by atoms with E-state index in [2.05, 4.69) is 4.90 Å². The highest BCUT2D eigenvalue weighted by Crippen LogP contribution is 2.34. The second kappa shape index (κ2) is 9.21. The quantitative estimate of drug-likeness (QED) is 0.438. The lowest BCUT2D eigenvalue weighted by atomic mass is 9.87. The van der Waals surface area contributed by atoms with Gasteiger partial charge in [-0.25, -0.2) is 0 Å². The molecule has 5 rings (SSSR count). The third kappa shape index (κ3) is 4.51. The summed E-state index contributed by atoms with van der Waals surface area (Å²) in [6, 6.07) is 2.09. The van der Waals surface area contributed by atoms with Gasteiger partial charge in [-0.15, -0.1) is 4.52 Å². The summed E-state index contributed by atoms with van der Waals surface area (Å²) in [7, 11) is 0. The number of aliphatic hydroxyl groups excluding tert-OH is 1. The predicted octanol–water partition coefficient (Wildman–Crippen LogP) is 0.694. The maximum atomic E-state index is 12.4. The molecule has 11 heteroatoms. The first-order chi connectivity index (χ1) is 16.8. The number of carbonyl (C=O) groups excluding carboxylic acids is 1. The molecular formula is C24H34N7O4+. The molecule has 2 aliphatic rings. The molecule has 0 aromatic carbocycles. The normalized spacial score (nSPS) is 21.5. The van der Waals surface area contributed by atoms with Gasteiger partial charge in [-0.3, -0.25) is 9.48 Å². The Kier molecular flexibility index (Phi) is 6.24.